The van der Waals surface area contributed by atoms with Crippen LogP contribution in [0.2, 0.25) is 0 Å². The number of carbonyl (C=O) groups excluding carboxylic acids is 4. The Bertz CT molecular complexity index is 686. The molecule has 1 atom stereocenters. The van der Waals surface area contributed by atoms with E-state index in [9.17, 15) is 27.6 Å². The van der Waals surface area contributed by atoms with Gasteiger partial charge in [-0.1, -0.05) is 0 Å². The van der Waals surface area contributed by atoms with Gasteiger partial charge < -0.3 is 5.32 Å². The predicted octanol–water partition coefficient (Wildman–Crippen LogP) is -1.12. The first-order valence-electron chi connectivity index (χ1n) is 7.16. The molecule has 2 fully saturated rings. The summed E-state index contributed by atoms with van der Waals surface area (Å²) in [6.07, 6.45) is 0.264. The maximum atomic E-state index is 12.1. The first kappa shape index (κ1) is 17.4. The number of carbonyl (C=O) groups is 4. The van der Waals surface area contributed by atoms with E-state index in [0.29, 0.717) is 4.90 Å². The van der Waals surface area contributed by atoms with Crippen molar-refractivity contribution in [2.45, 2.75) is 38.8 Å². The second-order valence-electron chi connectivity index (χ2n) is 6.39. The number of sulfone groups is 1. The van der Waals surface area contributed by atoms with Gasteiger partial charge in [0, 0.05) is 6.04 Å². The lowest BCUT2D eigenvalue weighted by Gasteiger charge is -2.25. The van der Waals surface area contributed by atoms with Gasteiger partial charge in [-0.05, 0) is 27.2 Å². The van der Waals surface area contributed by atoms with Gasteiger partial charge in [0.25, 0.3) is 0 Å². The van der Waals surface area contributed by atoms with Gasteiger partial charge in [0.15, 0.2) is 9.84 Å². The lowest BCUT2D eigenvalue weighted by atomic mass is 10.0. The van der Waals surface area contributed by atoms with Gasteiger partial charge in [0.1, 0.15) is 6.54 Å². The van der Waals surface area contributed by atoms with E-state index in [1.807, 2.05) is 0 Å². The molecule has 0 radical (unpaired) electrons. The third-order valence-corrected chi connectivity index (χ3v) is 5.75. The topological polar surface area (TPSA) is 121 Å². The van der Waals surface area contributed by atoms with E-state index in [2.05, 4.69) is 5.32 Å². The number of rotatable bonds is 4. The number of nitrogens with one attached hydrogen (secondary N) is 1. The predicted molar refractivity (Wildman–Crippen MR) is 78.9 cm³/mol. The summed E-state index contributed by atoms with van der Waals surface area (Å²) in [4.78, 5) is 49.1. The molecule has 0 aromatic rings. The smallest absolute Gasteiger partial charge is 0.334 e. The standard InChI is InChI=1S/C13H19N3O6S/c1-8(2)16-11(19)10(18)15(12(16)20)6-9(17)14-13(3)4-5-23(21,22)7-13/h8H,4-7H2,1-3H3,(H,14,17)/t13-/m0/s1. The van der Waals surface area contributed by atoms with Crippen LogP contribution in [0.1, 0.15) is 27.2 Å². The van der Waals surface area contributed by atoms with E-state index in [1.165, 1.54) is 0 Å². The fraction of sp³-hybridized carbons (Fsp3) is 0.692. The summed E-state index contributed by atoms with van der Waals surface area (Å²) in [6, 6.07) is -1.33. The van der Waals surface area contributed by atoms with Crippen LogP contribution >= 0.6 is 0 Å². The Morgan fingerprint density at radius 3 is 2.30 bits per heavy atom. The Morgan fingerprint density at radius 2 is 1.87 bits per heavy atom. The highest BCUT2D eigenvalue weighted by molar-refractivity contribution is 7.91. The van der Waals surface area contributed by atoms with Crippen molar-refractivity contribution in [1.29, 1.82) is 0 Å². The molecule has 1 N–H and O–H groups in total. The van der Waals surface area contributed by atoms with Crippen LogP contribution in [0.5, 0.6) is 0 Å². The summed E-state index contributed by atoms with van der Waals surface area (Å²) in [7, 11) is -3.20. The highest BCUT2D eigenvalue weighted by Gasteiger charge is 2.47. The van der Waals surface area contributed by atoms with E-state index in [0.717, 1.165) is 4.90 Å². The van der Waals surface area contributed by atoms with E-state index < -0.39 is 51.7 Å². The zero-order valence-electron chi connectivity index (χ0n) is 13.2. The molecule has 0 saturated carbocycles. The van der Waals surface area contributed by atoms with Crippen LogP contribution in [0, 0.1) is 0 Å². The Morgan fingerprint density at radius 1 is 1.26 bits per heavy atom. The van der Waals surface area contributed by atoms with Crippen LogP contribution in [0.3, 0.4) is 0 Å². The van der Waals surface area contributed by atoms with Crippen molar-refractivity contribution in [3.05, 3.63) is 0 Å². The van der Waals surface area contributed by atoms with Crippen LogP contribution < -0.4 is 5.32 Å². The second-order valence-corrected chi connectivity index (χ2v) is 8.58. The SMILES string of the molecule is CC(C)N1C(=O)C(=O)N(CC(=O)N[C@@]2(C)CCS(=O)(=O)C2)C1=O. The maximum absolute atomic E-state index is 12.1. The molecule has 5 amide bonds. The molecular weight excluding hydrogens is 326 g/mol. The first-order chi connectivity index (χ1) is 10.5. The Labute approximate surface area is 133 Å². The average Bonchev–Trinajstić information content (AvgIpc) is 2.77. The van der Waals surface area contributed by atoms with Crippen molar-refractivity contribution in [3.8, 4) is 0 Å². The molecule has 9 nitrogen and oxygen atoms in total. The van der Waals surface area contributed by atoms with Crippen molar-refractivity contribution in [2.75, 3.05) is 18.1 Å². The third-order valence-electron chi connectivity index (χ3n) is 3.85. The van der Waals surface area contributed by atoms with Gasteiger partial charge >= 0.3 is 17.8 Å². The fourth-order valence-electron chi connectivity index (χ4n) is 2.75. The van der Waals surface area contributed by atoms with Crippen LogP contribution in [-0.2, 0) is 24.2 Å². The Hall–Kier alpha value is -1.97. The van der Waals surface area contributed by atoms with Crippen LogP contribution in [0.25, 0.3) is 0 Å². The van der Waals surface area contributed by atoms with E-state index in [4.69, 9.17) is 0 Å². The first-order valence-corrected chi connectivity index (χ1v) is 8.98. The zero-order chi connectivity index (χ0) is 17.6. The monoisotopic (exact) mass is 345 g/mol. The second kappa shape index (κ2) is 5.59. The molecule has 2 rings (SSSR count). The van der Waals surface area contributed by atoms with Crippen LogP contribution in [0.15, 0.2) is 0 Å². The highest BCUT2D eigenvalue weighted by Crippen LogP contribution is 2.23. The van der Waals surface area contributed by atoms with Gasteiger partial charge in [-0.3, -0.25) is 19.3 Å². The minimum Gasteiger partial charge on any atom is -0.348 e. The normalized spacial score (nSPS) is 27.2. The molecule has 0 aromatic heterocycles. The minimum absolute atomic E-state index is 0.0228. The molecule has 128 valence electrons. The van der Waals surface area contributed by atoms with Crippen LogP contribution in [0.4, 0.5) is 4.79 Å². The molecule has 23 heavy (non-hydrogen) atoms. The molecule has 2 saturated heterocycles. The lowest BCUT2D eigenvalue weighted by Crippen LogP contribution is -2.51. The summed E-state index contributed by atoms with van der Waals surface area (Å²) in [5.74, 6) is -2.91. The largest absolute Gasteiger partial charge is 0.348 e. The highest BCUT2D eigenvalue weighted by atomic mass is 32.2. The van der Waals surface area contributed by atoms with Crippen molar-refractivity contribution in [1.82, 2.24) is 15.1 Å². The molecular formula is C13H19N3O6S. The van der Waals surface area contributed by atoms with Crippen molar-refractivity contribution >= 4 is 33.6 Å². The number of hydrogen-bond acceptors (Lipinski definition) is 6. The molecule has 0 aliphatic carbocycles. The van der Waals surface area contributed by atoms with Gasteiger partial charge in [-0.15, -0.1) is 0 Å². The molecule has 0 bridgehead atoms. The van der Waals surface area contributed by atoms with E-state index >= 15 is 0 Å². The molecule has 0 spiro atoms. The van der Waals surface area contributed by atoms with E-state index in [-0.39, 0.29) is 17.9 Å². The number of amides is 5. The van der Waals surface area contributed by atoms with Gasteiger partial charge in [0.2, 0.25) is 5.91 Å². The number of nitrogens with zero attached hydrogens (tertiary/aromatic N) is 2. The fourth-order valence-corrected chi connectivity index (χ4v) is 4.84. The summed E-state index contributed by atoms with van der Waals surface area (Å²) >= 11 is 0. The summed E-state index contributed by atoms with van der Waals surface area (Å²) in [5, 5.41) is 2.54. The molecule has 0 aromatic carbocycles. The average molecular weight is 345 g/mol. The molecule has 2 aliphatic heterocycles. The summed E-state index contributed by atoms with van der Waals surface area (Å²) < 4.78 is 23.0. The number of hydrogen-bond donors (Lipinski definition) is 1. The summed E-state index contributed by atoms with van der Waals surface area (Å²) in [5.41, 5.74) is -0.927. The quantitative estimate of drug-likeness (QED) is 0.509. The Balaban J connectivity index is 2.05. The van der Waals surface area contributed by atoms with E-state index in [1.54, 1.807) is 20.8 Å². The molecule has 0 unspecified atom stereocenters. The van der Waals surface area contributed by atoms with Gasteiger partial charge in [-0.2, -0.15) is 0 Å². The maximum Gasteiger partial charge on any atom is 0.334 e. The van der Waals surface area contributed by atoms with Gasteiger partial charge in [0.05, 0.1) is 17.0 Å². The number of imide groups is 2. The van der Waals surface area contributed by atoms with Crippen molar-refractivity contribution in [2.24, 2.45) is 0 Å². The minimum atomic E-state index is -3.20. The molecule has 10 heteroatoms. The zero-order valence-corrected chi connectivity index (χ0v) is 14.0. The Kier molecular flexibility index (Phi) is 4.22. The van der Waals surface area contributed by atoms with Crippen molar-refractivity contribution < 1.29 is 27.6 Å². The van der Waals surface area contributed by atoms with Crippen molar-refractivity contribution in [3.63, 3.8) is 0 Å². The number of urea groups is 1. The third kappa shape index (κ3) is 3.36. The van der Waals surface area contributed by atoms with Gasteiger partial charge in [-0.25, -0.2) is 18.1 Å². The lowest BCUT2D eigenvalue weighted by molar-refractivity contribution is -0.144. The van der Waals surface area contributed by atoms with Crippen LogP contribution in [-0.4, -0.2) is 71.6 Å². The molecule has 2 heterocycles. The summed E-state index contributed by atoms with van der Waals surface area (Å²) in [6.45, 7) is 4.14. The molecule has 2 aliphatic rings.